The van der Waals surface area contributed by atoms with E-state index < -0.39 is 0 Å². The number of hydrogen-bond donors (Lipinski definition) is 1. The average Bonchev–Trinajstić information content (AvgIpc) is 2.95. The zero-order chi connectivity index (χ0) is 13.8. The fourth-order valence-corrected chi connectivity index (χ4v) is 3.25. The molecule has 0 unspecified atom stereocenters. The van der Waals surface area contributed by atoms with E-state index in [4.69, 9.17) is 14.2 Å². The van der Waals surface area contributed by atoms with E-state index in [1.807, 2.05) is 13.2 Å². The Balaban J connectivity index is 1.49. The molecule has 0 amide bonds. The first-order valence-corrected chi connectivity index (χ1v) is 7.61. The van der Waals surface area contributed by atoms with Gasteiger partial charge in [-0.05, 0) is 30.5 Å². The van der Waals surface area contributed by atoms with Gasteiger partial charge >= 0.3 is 0 Å². The Morgan fingerprint density at radius 1 is 1.20 bits per heavy atom. The first-order valence-electron chi connectivity index (χ1n) is 7.61. The molecule has 1 aliphatic carbocycles. The molecule has 3 rings (SSSR count). The average molecular weight is 278 g/mol. The van der Waals surface area contributed by atoms with Gasteiger partial charge < -0.3 is 19.5 Å². The maximum absolute atomic E-state index is 5.60. The first-order chi connectivity index (χ1) is 9.86. The van der Waals surface area contributed by atoms with Gasteiger partial charge in [-0.25, -0.2) is 0 Å². The Hall–Kier alpha value is -1.26. The van der Waals surface area contributed by atoms with Gasteiger partial charge in [0.2, 0.25) is 6.79 Å². The number of ether oxygens (including phenoxy) is 3. The second-order valence-corrected chi connectivity index (χ2v) is 5.68. The molecule has 1 aliphatic heterocycles. The maximum atomic E-state index is 5.60. The highest BCUT2D eigenvalue weighted by Crippen LogP contribution is 2.32. The molecule has 2 N–H and O–H groups in total. The number of fused-ring (bicyclic) bond motifs is 1. The molecule has 1 aromatic rings. The van der Waals surface area contributed by atoms with E-state index in [9.17, 15) is 0 Å². The topological polar surface area (TPSA) is 44.3 Å². The highest BCUT2D eigenvalue weighted by atomic mass is 16.7. The summed E-state index contributed by atoms with van der Waals surface area (Å²) in [4.78, 5) is 0. The fourth-order valence-electron chi connectivity index (χ4n) is 3.25. The Morgan fingerprint density at radius 3 is 2.95 bits per heavy atom. The van der Waals surface area contributed by atoms with Gasteiger partial charge in [0.05, 0.1) is 6.54 Å². The van der Waals surface area contributed by atoms with Crippen LogP contribution < -0.4 is 14.8 Å². The third kappa shape index (κ3) is 3.07. The largest absolute Gasteiger partial charge is 0.454 e. The van der Waals surface area contributed by atoms with E-state index in [1.165, 1.54) is 31.2 Å². The summed E-state index contributed by atoms with van der Waals surface area (Å²) >= 11 is 0. The Labute approximate surface area is 120 Å². The van der Waals surface area contributed by atoms with Crippen LogP contribution in [0.1, 0.15) is 31.2 Å². The van der Waals surface area contributed by atoms with Gasteiger partial charge in [-0.15, -0.1) is 0 Å². The maximum Gasteiger partial charge on any atom is 0.231 e. The van der Waals surface area contributed by atoms with Crippen LogP contribution in [-0.4, -0.2) is 32.6 Å². The summed E-state index contributed by atoms with van der Waals surface area (Å²) in [6.07, 6.45) is 6.63. The molecular formula is C16H24NO3+. The molecule has 1 saturated carbocycles. The van der Waals surface area contributed by atoms with Crippen LogP contribution in [0.15, 0.2) is 18.2 Å². The number of methoxy groups -OCH3 is 1. The van der Waals surface area contributed by atoms with E-state index in [0.717, 1.165) is 24.5 Å². The van der Waals surface area contributed by atoms with Crippen molar-refractivity contribution in [2.45, 2.75) is 44.2 Å². The lowest BCUT2D eigenvalue weighted by Gasteiger charge is -2.28. The fraction of sp³-hybridized carbons (Fsp3) is 0.625. The van der Waals surface area contributed by atoms with E-state index in [0.29, 0.717) is 18.9 Å². The van der Waals surface area contributed by atoms with E-state index in [2.05, 4.69) is 17.4 Å². The SMILES string of the molecule is CO[C@@H]1CCCC[C@@H]1[NH2+]CCc1ccc2c(c1)OCO2. The normalized spacial score (nSPS) is 24.9. The standard InChI is InChI=1S/C16H23NO3/c1-18-14-5-3-2-4-13(14)17-9-8-12-6-7-15-16(10-12)20-11-19-15/h6-7,10,13-14,17H,2-5,8-9,11H2,1H3/p+1/t13-,14+/m0/s1. The summed E-state index contributed by atoms with van der Waals surface area (Å²) in [5.41, 5.74) is 1.32. The number of rotatable bonds is 5. The number of nitrogens with two attached hydrogens (primary N) is 1. The lowest BCUT2D eigenvalue weighted by Crippen LogP contribution is -2.93. The molecule has 1 aromatic carbocycles. The molecule has 4 heteroatoms. The van der Waals surface area contributed by atoms with Gasteiger partial charge in [-0.3, -0.25) is 0 Å². The summed E-state index contributed by atoms with van der Waals surface area (Å²) in [6.45, 7) is 1.45. The van der Waals surface area contributed by atoms with Crippen molar-refractivity contribution in [1.82, 2.24) is 0 Å². The Bertz CT molecular complexity index is 449. The number of hydrogen-bond acceptors (Lipinski definition) is 3. The lowest BCUT2D eigenvalue weighted by molar-refractivity contribution is -0.698. The molecule has 0 aromatic heterocycles. The van der Waals surface area contributed by atoms with Crippen molar-refractivity contribution in [3.8, 4) is 11.5 Å². The third-order valence-electron chi connectivity index (χ3n) is 4.40. The molecule has 0 saturated heterocycles. The van der Waals surface area contributed by atoms with E-state index in [1.54, 1.807) is 0 Å². The van der Waals surface area contributed by atoms with Crippen LogP contribution >= 0.6 is 0 Å². The second-order valence-electron chi connectivity index (χ2n) is 5.68. The quantitative estimate of drug-likeness (QED) is 0.887. The van der Waals surface area contributed by atoms with Crippen LogP contribution in [0.5, 0.6) is 11.5 Å². The highest BCUT2D eigenvalue weighted by molar-refractivity contribution is 5.44. The van der Waals surface area contributed by atoms with Gasteiger partial charge in [0.1, 0.15) is 12.1 Å². The van der Waals surface area contributed by atoms with Gasteiger partial charge in [0, 0.05) is 20.0 Å². The zero-order valence-corrected chi connectivity index (χ0v) is 12.1. The monoisotopic (exact) mass is 278 g/mol. The van der Waals surface area contributed by atoms with Crippen molar-refractivity contribution in [1.29, 1.82) is 0 Å². The first kappa shape index (κ1) is 13.7. The summed E-state index contributed by atoms with van der Waals surface area (Å²) in [7, 11) is 1.84. The Morgan fingerprint density at radius 2 is 2.05 bits per heavy atom. The van der Waals surface area contributed by atoms with Crippen molar-refractivity contribution in [3.63, 3.8) is 0 Å². The molecule has 110 valence electrons. The molecule has 0 radical (unpaired) electrons. The smallest absolute Gasteiger partial charge is 0.231 e. The molecule has 0 bridgehead atoms. The van der Waals surface area contributed by atoms with Crippen LogP contribution in [0.3, 0.4) is 0 Å². The molecule has 1 heterocycles. The Kier molecular flexibility index (Phi) is 4.43. The summed E-state index contributed by atoms with van der Waals surface area (Å²) in [5, 5.41) is 2.46. The summed E-state index contributed by atoms with van der Waals surface area (Å²) in [5.74, 6) is 1.75. The van der Waals surface area contributed by atoms with Crippen LogP contribution in [0.2, 0.25) is 0 Å². The van der Waals surface area contributed by atoms with E-state index >= 15 is 0 Å². The highest BCUT2D eigenvalue weighted by Gasteiger charge is 2.27. The second kappa shape index (κ2) is 6.46. The third-order valence-corrected chi connectivity index (χ3v) is 4.40. The van der Waals surface area contributed by atoms with Crippen molar-refractivity contribution in [2.24, 2.45) is 0 Å². The number of quaternary nitrogens is 1. The van der Waals surface area contributed by atoms with Crippen LogP contribution in [0.4, 0.5) is 0 Å². The molecule has 20 heavy (non-hydrogen) atoms. The molecular weight excluding hydrogens is 254 g/mol. The van der Waals surface area contributed by atoms with Gasteiger partial charge in [0.15, 0.2) is 11.5 Å². The lowest BCUT2D eigenvalue weighted by atomic mass is 9.92. The summed E-state index contributed by atoms with van der Waals surface area (Å²) < 4.78 is 16.4. The minimum Gasteiger partial charge on any atom is -0.454 e. The molecule has 0 spiro atoms. The predicted molar refractivity (Wildman–Crippen MR) is 76.1 cm³/mol. The van der Waals surface area contributed by atoms with E-state index in [-0.39, 0.29) is 0 Å². The van der Waals surface area contributed by atoms with Crippen molar-refractivity contribution in [3.05, 3.63) is 23.8 Å². The summed E-state index contributed by atoms with van der Waals surface area (Å²) in [6, 6.07) is 6.87. The molecule has 1 fully saturated rings. The van der Waals surface area contributed by atoms with Crippen molar-refractivity contribution in [2.75, 3.05) is 20.4 Å². The molecule has 2 atom stereocenters. The van der Waals surface area contributed by atoms with Crippen molar-refractivity contribution >= 4 is 0 Å². The van der Waals surface area contributed by atoms with Gasteiger partial charge in [0.25, 0.3) is 0 Å². The predicted octanol–water partition coefficient (Wildman–Crippen LogP) is 1.48. The molecule has 4 nitrogen and oxygen atoms in total. The zero-order valence-electron chi connectivity index (χ0n) is 12.1. The minimum absolute atomic E-state index is 0.350. The van der Waals surface area contributed by atoms with Crippen molar-refractivity contribution < 1.29 is 19.5 Å². The van der Waals surface area contributed by atoms with Gasteiger partial charge in [-0.1, -0.05) is 12.5 Å². The van der Waals surface area contributed by atoms with Crippen LogP contribution in [0.25, 0.3) is 0 Å². The molecule has 2 aliphatic rings. The minimum atomic E-state index is 0.350. The van der Waals surface area contributed by atoms with Crippen LogP contribution in [0, 0.1) is 0 Å². The number of benzene rings is 1. The van der Waals surface area contributed by atoms with Crippen LogP contribution in [-0.2, 0) is 11.2 Å². The van der Waals surface area contributed by atoms with Gasteiger partial charge in [-0.2, -0.15) is 0 Å².